The number of morpholine rings is 1. The molecule has 76 valence electrons. The van der Waals surface area contributed by atoms with Gasteiger partial charge in [-0.2, -0.15) is 0 Å². The van der Waals surface area contributed by atoms with Gasteiger partial charge in [0, 0.05) is 24.8 Å². The van der Waals surface area contributed by atoms with E-state index in [1.807, 2.05) is 6.07 Å². The van der Waals surface area contributed by atoms with Gasteiger partial charge in [-0.25, -0.2) is 0 Å². The zero-order valence-electron chi connectivity index (χ0n) is 8.02. The Bertz CT molecular complexity index is 298. The van der Waals surface area contributed by atoms with Crippen LogP contribution in [0.3, 0.4) is 0 Å². The Morgan fingerprint density at radius 3 is 2.93 bits per heavy atom. The second-order valence-electron chi connectivity index (χ2n) is 3.26. The molecule has 0 atom stereocenters. The number of nitrogens with zero attached hydrogens (tertiary/aromatic N) is 2. The Hall–Kier alpha value is -1.13. The van der Waals surface area contributed by atoms with Crippen LogP contribution in [0.15, 0.2) is 18.5 Å². The Morgan fingerprint density at radius 1 is 1.43 bits per heavy atom. The van der Waals surface area contributed by atoms with Crippen molar-refractivity contribution in [3.63, 3.8) is 0 Å². The van der Waals surface area contributed by atoms with Gasteiger partial charge in [-0.15, -0.1) is 0 Å². The smallest absolute Gasteiger partial charge is 0.0703 e. The molecule has 0 unspecified atom stereocenters. The lowest BCUT2D eigenvalue weighted by Crippen LogP contribution is -2.36. The number of pyridine rings is 1. The normalized spacial score (nSPS) is 17.1. The molecule has 0 aliphatic carbocycles. The predicted molar refractivity (Wildman–Crippen MR) is 53.2 cm³/mol. The van der Waals surface area contributed by atoms with Crippen LogP contribution in [0, 0.1) is 0 Å². The van der Waals surface area contributed by atoms with Crippen LogP contribution in [-0.4, -0.2) is 36.4 Å². The molecule has 0 radical (unpaired) electrons. The van der Waals surface area contributed by atoms with Crippen LogP contribution in [0.4, 0.5) is 5.69 Å². The average Bonchev–Trinajstić information content (AvgIpc) is 2.30. The molecular formula is C10H14N2O2. The fraction of sp³-hybridized carbons (Fsp3) is 0.500. The number of aliphatic hydroxyl groups is 1. The fourth-order valence-electron chi connectivity index (χ4n) is 1.64. The highest BCUT2D eigenvalue weighted by molar-refractivity contribution is 5.51. The minimum absolute atomic E-state index is 0.0647. The van der Waals surface area contributed by atoms with Gasteiger partial charge < -0.3 is 14.7 Å². The molecule has 14 heavy (non-hydrogen) atoms. The third-order valence-electron chi connectivity index (χ3n) is 2.41. The zero-order valence-corrected chi connectivity index (χ0v) is 8.02. The first-order valence-electron chi connectivity index (χ1n) is 4.78. The van der Waals surface area contributed by atoms with E-state index in [4.69, 9.17) is 9.84 Å². The van der Waals surface area contributed by atoms with E-state index in [0.29, 0.717) is 0 Å². The highest BCUT2D eigenvalue weighted by atomic mass is 16.5. The van der Waals surface area contributed by atoms with Crippen molar-refractivity contribution in [3.05, 3.63) is 24.0 Å². The SMILES string of the molecule is OCc1ccncc1N1CCOCC1. The maximum absolute atomic E-state index is 9.16. The molecule has 0 spiro atoms. The molecule has 2 heterocycles. The van der Waals surface area contributed by atoms with E-state index < -0.39 is 0 Å². The van der Waals surface area contributed by atoms with Gasteiger partial charge in [0.05, 0.1) is 31.7 Å². The van der Waals surface area contributed by atoms with Gasteiger partial charge in [-0.3, -0.25) is 4.98 Å². The minimum atomic E-state index is 0.0647. The van der Waals surface area contributed by atoms with E-state index in [9.17, 15) is 0 Å². The molecule has 1 N–H and O–H groups in total. The number of aliphatic hydroxyl groups excluding tert-OH is 1. The number of rotatable bonds is 2. The summed E-state index contributed by atoms with van der Waals surface area (Å²) in [5.74, 6) is 0. The van der Waals surface area contributed by atoms with Gasteiger partial charge in [0.25, 0.3) is 0 Å². The molecule has 1 aliphatic heterocycles. The van der Waals surface area contributed by atoms with Gasteiger partial charge in [0.2, 0.25) is 0 Å². The van der Waals surface area contributed by atoms with Crippen LogP contribution in [0.2, 0.25) is 0 Å². The highest BCUT2D eigenvalue weighted by Gasteiger charge is 2.13. The van der Waals surface area contributed by atoms with Gasteiger partial charge in [-0.1, -0.05) is 0 Å². The molecule has 0 saturated carbocycles. The first kappa shape index (κ1) is 9.43. The quantitative estimate of drug-likeness (QED) is 0.740. The summed E-state index contributed by atoms with van der Waals surface area (Å²) in [5, 5.41) is 9.16. The topological polar surface area (TPSA) is 45.6 Å². The molecule has 0 amide bonds. The molecule has 1 fully saturated rings. The maximum atomic E-state index is 9.16. The second kappa shape index (κ2) is 4.39. The summed E-state index contributed by atoms with van der Waals surface area (Å²) in [5.41, 5.74) is 1.96. The van der Waals surface area contributed by atoms with Crippen molar-refractivity contribution in [1.29, 1.82) is 0 Å². The number of hydrogen-bond donors (Lipinski definition) is 1. The minimum Gasteiger partial charge on any atom is -0.392 e. The Kier molecular flexibility index (Phi) is 2.96. The largest absolute Gasteiger partial charge is 0.392 e. The number of hydrogen-bond acceptors (Lipinski definition) is 4. The summed E-state index contributed by atoms with van der Waals surface area (Å²) in [7, 11) is 0. The summed E-state index contributed by atoms with van der Waals surface area (Å²) in [4.78, 5) is 6.27. The van der Waals surface area contributed by atoms with Crippen molar-refractivity contribution in [3.8, 4) is 0 Å². The van der Waals surface area contributed by atoms with Crippen LogP contribution in [0.25, 0.3) is 0 Å². The van der Waals surface area contributed by atoms with Crippen LogP contribution >= 0.6 is 0 Å². The second-order valence-corrected chi connectivity index (χ2v) is 3.26. The lowest BCUT2D eigenvalue weighted by atomic mass is 10.2. The standard InChI is InChI=1S/C10H14N2O2/c13-8-9-1-2-11-7-10(9)12-3-5-14-6-4-12/h1-2,7,13H,3-6,8H2. The first-order valence-corrected chi connectivity index (χ1v) is 4.78. The fourth-order valence-corrected chi connectivity index (χ4v) is 1.64. The van der Waals surface area contributed by atoms with Crippen LogP contribution < -0.4 is 4.90 Å². The lowest BCUT2D eigenvalue weighted by Gasteiger charge is -2.29. The van der Waals surface area contributed by atoms with E-state index in [1.54, 1.807) is 12.4 Å². The number of anilines is 1. The number of aromatic nitrogens is 1. The molecule has 0 aromatic carbocycles. The third-order valence-corrected chi connectivity index (χ3v) is 2.41. The predicted octanol–water partition coefficient (Wildman–Crippen LogP) is 0.411. The van der Waals surface area contributed by atoms with Crippen LogP contribution in [0.1, 0.15) is 5.56 Å². The van der Waals surface area contributed by atoms with Crippen molar-refractivity contribution in [2.75, 3.05) is 31.2 Å². The highest BCUT2D eigenvalue weighted by Crippen LogP contribution is 2.19. The average molecular weight is 194 g/mol. The van der Waals surface area contributed by atoms with Crippen molar-refractivity contribution >= 4 is 5.69 Å². The molecule has 4 heteroatoms. The van der Waals surface area contributed by atoms with E-state index in [0.717, 1.165) is 37.6 Å². The molecule has 1 aromatic heterocycles. The molecule has 1 aliphatic rings. The molecule has 1 saturated heterocycles. The molecule has 2 rings (SSSR count). The van der Waals surface area contributed by atoms with E-state index in [2.05, 4.69) is 9.88 Å². The van der Waals surface area contributed by atoms with Gasteiger partial charge in [-0.05, 0) is 6.07 Å². The van der Waals surface area contributed by atoms with Gasteiger partial charge >= 0.3 is 0 Å². The van der Waals surface area contributed by atoms with E-state index >= 15 is 0 Å². The van der Waals surface area contributed by atoms with Gasteiger partial charge in [0.1, 0.15) is 0 Å². The Morgan fingerprint density at radius 2 is 2.21 bits per heavy atom. The number of ether oxygens (including phenoxy) is 1. The maximum Gasteiger partial charge on any atom is 0.0703 e. The summed E-state index contributed by atoms with van der Waals surface area (Å²) in [6.07, 6.45) is 3.51. The molecule has 4 nitrogen and oxygen atoms in total. The van der Waals surface area contributed by atoms with Crippen molar-refractivity contribution in [1.82, 2.24) is 4.98 Å². The van der Waals surface area contributed by atoms with Crippen molar-refractivity contribution in [2.24, 2.45) is 0 Å². The zero-order chi connectivity index (χ0) is 9.80. The molecule has 0 bridgehead atoms. The summed E-state index contributed by atoms with van der Waals surface area (Å²) in [6.45, 7) is 3.31. The summed E-state index contributed by atoms with van der Waals surface area (Å²) in [6, 6.07) is 1.85. The van der Waals surface area contributed by atoms with E-state index in [-0.39, 0.29) is 6.61 Å². The molecule has 1 aromatic rings. The monoisotopic (exact) mass is 194 g/mol. The Balaban J connectivity index is 2.20. The summed E-state index contributed by atoms with van der Waals surface area (Å²) < 4.78 is 5.27. The van der Waals surface area contributed by atoms with Crippen LogP contribution in [0.5, 0.6) is 0 Å². The lowest BCUT2D eigenvalue weighted by molar-refractivity contribution is 0.122. The molecular weight excluding hydrogens is 180 g/mol. The summed E-state index contributed by atoms with van der Waals surface area (Å²) >= 11 is 0. The van der Waals surface area contributed by atoms with Crippen molar-refractivity contribution in [2.45, 2.75) is 6.61 Å². The Labute approximate surface area is 83.1 Å². The van der Waals surface area contributed by atoms with Gasteiger partial charge in [0.15, 0.2) is 0 Å². The van der Waals surface area contributed by atoms with Crippen LogP contribution in [-0.2, 0) is 11.3 Å². The third kappa shape index (κ3) is 1.86. The van der Waals surface area contributed by atoms with E-state index in [1.165, 1.54) is 0 Å². The van der Waals surface area contributed by atoms with Crippen molar-refractivity contribution < 1.29 is 9.84 Å². The first-order chi connectivity index (χ1) is 6.92.